The van der Waals surface area contributed by atoms with Gasteiger partial charge in [0.05, 0.1) is 54.2 Å². The van der Waals surface area contributed by atoms with Crippen LogP contribution in [-0.2, 0) is 34.2 Å². The average molecular weight is 943 g/mol. The second-order valence-corrected chi connectivity index (χ2v) is 21.4. The molecule has 0 saturated carbocycles. The van der Waals surface area contributed by atoms with Gasteiger partial charge >= 0.3 is 7.82 Å². The molecule has 0 bridgehead atoms. The molecule has 2 N–H and O–H groups in total. The Bertz CT molecular complexity index is 1150. The summed E-state index contributed by atoms with van der Waals surface area (Å²) in [7, 11) is 2.04. The number of hydrogen-bond donors (Lipinski definition) is 2. The number of benzene rings is 1. The monoisotopic (exact) mass is 943 g/mol. The molecule has 11 heteroatoms. The van der Waals surface area contributed by atoms with Crippen LogP contribution in [-0.4, -0.2) is 101 Å². The highest BCUT2D eigenvalue weighted by molar-refractivity contribution is 7.48. The fraction of sp³-hybridized carbons (Fsp3) is 0.889. The van der Waals surface area contributed by atoms with E-state index < -0.39 is 33.2 Å². The molecule has 0 amide bonds. The zero-order chi connectivity index (χ0) is 47.4. The number of nitrogens with zero attached hydrogens (tertiary/aromatic N) is 1. The summed E-state index contributed by atoms with van der Waals surface area (Å²) in [5.74, 6) is 0.683. The summed E-state index contributed by atoms with van der Waals surface area (Å²) in [4.78, 5) is 0. The van der Waals surface area contributed by atoms with Crippen molar-refractivity contribution in [3.8, 4) is 5.75 Å². The van der Waals surface area contributed by atoms with E-state index in [1.807, 2.05) is 24.3 Å². The lowest BCUT2D eigenvalue weighted by Gasteiger charge is -2.26. The number of aliphatic hydroxyl groups is 2. The van der Waals surface area contributed by atoms with E-state index in [0.717, 1.165) is 42.3 Å². The molecule has 384 valence electrons. The largest absolute Gasteiger partial charge is 0.488 e. The molecule has 2 atom stereocenters. The van der Waals surface area contributed by atoms with E-state index in [1.165, 1.54) is 180 Å². The molecule has 0 aliphatic heterocycles. The Hall–Kier alpha value is -1.07. The van der Waals surface area contributed by atoms with Crippen LogP contribution in [0.3, 0.4) is 0 Å². The maximum atomic E-state index is 14.2. The first-order valence-electron chi connectivity index (χ1n) is 27.2. The Morgan fingerprint density at radius 1 is 0.508 bits per heavy atom. The zero-order valence-corrected chi connectivity index (χ0v) is 44.0. The molecule has 0 heterocycles. The van der Waals surface area contributed by atoms with Crippen LogP contribution in [0.15, 0.2) is 24.3 Å². The van der Waals surface area contributed by atoms with E-state index in [-0.39, 0.29) is 19.8 Å². The highest BCUT2D eigenvalue weighted by Gasteiger charge is 2.34. The number of unbranched alkanes of at least 4 members (excludes halogenated alkanes) is 30. The minimum atomic E-state index is -4.30. The maximum Gasteiger partial charge on any atom is 0.475 e. The van der Waals surface area contributed by atoms with Gasteiger partial charge in [0.1, 0.15) is 31.1 Å². The third-order valence-corrected chi connectivity index (χ3v) is 13.7. The Morgan fingerprint density at radius 3 is 1.20 bits per heavy atom. The van der Waals surface area contributed by atoms with Crippen LogP contribution in [0, 0.1) is 0 Å². The average Bonchev–Trinajstić information content (AvgIpc) is 3.29. The number of rotatable bonds is 51. The zero-order valence-electron chi connectivity index (χ0n) is 43.1. The van der Waals surface area contributed by atoms with Gasteiger partial charge in [-0.05, 0) is 30.5 Å². The van der Waals surface area contributed by atoms with Gasteiger partial charge in [-0.1, -0.05) is 219 Å². The normalized spacial score (nSPS) is 13.9. The van der Waals surface area contributed by atoms with E-state index in [4.69, 9.17) is 27.8 Å². The third kappa shape index (κ3) is 40.5. The number of quaternary nitrogens is 1. The molecule has 1 aromatic rings. The molecule has 0 aromatic heterocycles. The van der Waals surface area contributed by atoms with Gasteiger partial charge in [-0.25, -0.2) is 4.57 Å². The van der Waals surface area contributed by atoms with E-state index in [2.05, 4.69) is 35.0 Å². The molecule has 1 rings (SSSR count). The summed E-state index contributed by atoms with van der Waals surface area (Å²) in [5.41, 5.74) is 0.723. The molecule has 0 aliphatic rings. The Kier molecular flexibility index (Phi) is 42.1. The van der Waals surface area contributed by atoms with Gasteiger partial charge in [-0.3, -0.25) is 13.6 Å². The van der Waals surface area contributed by atoms with Gasteiger partial charge in [0.2, 0.25) is 0 Å². The van der Waals surface area contributed by atoms with Crippen LogP contribution >= 0.6 is 7.82 Å². The van der Waals surface area contributed by atoms with Gasteiger partial charge in [-0.15, -0.1) is 0 Å². The predicted octanol–water partition coefficient (Wildman–Crippen LogP) is 14.7. The van der Waals surface area contributed by atoms with Crippen molar-refractivity contribution in [3.05, 3.63) is 29.8 Å². The topological polar surface area (TPSA) is 113 Å². The highest BCUT2D eigenvalue weighted by atomic mass is 31.2. The molecule has 10 nitrogen and oxygen atoms in total. The molecule has 0 spiro atoms. The first-order valence-corrected chi connectivity index (χ1v) is 28.6. The second-order valence-electron chi connectivity index (χ2n) is 19.8. The standard InChI is InChI=1S/C54H105NO9P/c1-6-8-10-12-14-16-18-20-22-24-26-28-30-32-34-36-42-59-49-53(46-56)63-65(58,62-48-51-39-38-40-52(45-51)61-44-41-55(3,4)5)64-54(47-57)50-60-43-37-35-33-31-29-27-25-23-21-19-17-15-13-11-9-7-2/h38-40,45,53-54,56-57H,6-37,41-44,46-50H2,1-5H3/q+1. The van der Waals surface area contributed by atoms with Crippen LogP contribution in [0.4, 0.5) is 0 Å². The summed E-state index contributed by atoms with van der Waals surface area (Å²) in [5, 5.41) is 20.5. The van der Waals surface area contributed by atoms with Gasteiger partial charge in [0.15, 0.2) is 0 Å². The number of likely N-dealkylation sites (N-methyl/N-ethyl adjacent to an activating group) is 1. The molecule has 0 radical (unpaired) electrons. The van der Waals surface area contributed by atoms with Crippen LogP contribution in [0.2, 0.25) is 0 Å². The fourth-order valence-electron chi connectivity index (χ4n) is 7.93. The first-order chi connectivity index (χ1) is 31.6. The van der Waals surface area contributed by atoms with Crippen LogP contribution in [0.25, 0.3) is 0 Å². The van der Waals surface area contributed by atoms with Crippen molar-refractivity contribution in [2.45, 2.75) is 238 Å². The number of aliphatic hydroxyl groups excluding tert-OH is 2. The van der Waals surface area contributed by atoms with Crippen molar-refractivity contribution in [2.75, 3.05) is 73.9 Å². The molecule has 0 aliphatic carbocycles. The molecule has 65 heavy (non-hydrogen) atoms. The minimum Gasteiger partial charge on any atom is -0.488 e. The Morgan fingerprint density at radius 2 is 0.862 bits per heavy atom. The van der Waals surface area contributed by atoms with Crippen molar-refractivity contribution in [1.82, 2.24) is 0 Å². The van der Waals surface area contributed by atoms with Crippen molar-refractivity contribution in [2.24, 2.45) is 0 Å². The predicted molar refractivity (Wildman–Crippen MR) is 272 cm³/mol. The summed E-state index contributed by atoms with van der Waals surface area (Å²) in [6, 6.07) is 7.43. The number of ether oxygens (including phenoxy) is 3. The fourth-order valence-corrected chi connectivity index (χ4v) is 9.40. The summed E-state index contributed by atoms with van der Waals surface area (Å²) in [6.45, 7) is 6.14. The lowest BCUT2D eigenvalue weighted by atomic mass is 10.0. The number of phosphoric ester groups is 1. The van der Waals surface area contributed by atoms with Gasteiger partial charge in [0, 0.05) is 13.2 Å². The Labute approximate surface area is 401 Å². The highest BCUT2D eigenvalue weighted by Crippen LogP contribution is 2.52. The first kappa shape index (κ1) is 61.9. The summed E-state index contributed by atoms with van der Waals surface area (Å²) in [6.07, 6.45) is 39.9. The molecule has 0 fully saturated rings. The van der Waals surface area contributed by atoms with Crippen LogP contribution in [0.5, 0.6) is 5.75 Å². The third-order valence-electron chi connectivity index (χ3n) is 12.2. The van der Waals surface area contributed by atoms with Crippen LogP contribution < -0.4 is 4.74 Å². The summed E-state index contributed by atoms with van der Waals surface area (Å²) < 4.78 is 50.4. The molecular weight excluding hydrogens is 838 g/mol. The number of hydrogen-bond acceptors (Lipinski definition) is 9. The summed E-state index contributed by atoms with van der Waals surface area (Å²) >= 11 is 0. The minimum absolute atomic E-state index is 0.0428. The van der Waals surface area contributed by atoms with Crippen molar-refractivity contribution < 1.29 is 47.0 Å². The maximum absolute atomic E-state index is 14.2. The van der Waals surface area contributed by atoms with E-state index in [0.29, 0.717) is 25.6 Å². The molecule has 0 saturated heterocycles. The van der Waals surface area contributed by atoms with Crippen molar-refractivity contribution >= 4 is 7.82 Å². The Balaban J connectivity index is 2.47. The van der Waals surface area contributed by atoms with Gasteiger partial charge in [0.25, 0.3) is 0 Å². The molecular formula is C54H105NO9P+. The van der Waals surface area contributed by atoms with Crippen molar-refractivity contribution in [1.29, 1.82) is 0 Å². The molecule has 1 aromatic carbocycles. The molecule has 2 unspecified atom stereocenters. The lowest BCUT2D eigenvalue weighted by Crippen LogP contribution is -2.38. The quantitative estimate of drug-likeness (QED) is 0.0374. The second kappa shape index (κ2) is 44.2. The lowest BCUT2D eigenvalue weighted by molar-refractivity contribution is -0.870. The van der Waals surface area contributed by atoms with E-state index in [1.54, 1.807) is 0 Å². The van der Waals surface area contributed by atoms with E-state index in [9.17, 15) is 14.8 Å². The van der Waals surface area contributed by atoms with Crippen LogP contribution in [0.1, 0.15) is 225 Å². The van der Waals surface area contributed by atoms with Gasteiger partial charge < -0.3 is 28.9 Å². The smallest absolute Gasteiger partial charge is 0.475 e. The van der Waals surface area contributed by atoms with Gasteiger partial charge in [-0.2, -0.15) is 0 Å². The van der Waals surface area contributed by atoms with E-state index >= 15 is 0 Å². The number of phosphoric acid groups is 1. The van der Waals surface area contributed by atoms with Crippen molar-refractivity contribution in [3.63, 3.8) is 0 Å². The SMILES string of the molecule is CCCCCCCCCCCCCCCCCCOCC(CO)OP(=O)(OCc1cccc(OCC[N+](C)(C)C)c1)OC(CO)COCCCCCCCCCCCCCCCCCC.